The number of amides is 2. The van der Waals surface area contributed by atoms with E-state index in [1.807, 2.05) is 68.4 Å². The Bertz CT molecular complexity index is 1740. The van der Waals surface area contributed by atoms with E-state index in [-0.39, 0.29) is 42.1 Å². The summed E-state index contributed by atoms with van der Waals surface area (Å²) < 4.78 is 36.3. The van der Waals surface area contributed by atoms with Gasteiger partial charge in [0.2, 0.25) is 11.8 Å². The topological polar surface area (TPSA) is 96.0 Å². The van der Waals surface area contributed by atoms with Crippen molar-refractivity contribution in [3.8, 4) is 5.75 Å². The SMILES string of the molecule is CCOc1ccccc1N(CC(=O)N(Cc1ccc(Br)cc1)[C@H](Cc1ccccc1)C(=O)N[C@H](C)CC)S(=O)(=O)c1ccc(Cl)cc1. The van der Waals surface area contributed by atoms with Crippen molar-refractivity contribution in [1.29, 1.82) is 0 Å². The van der Waals surface area contributed by atoms with E-state index in [0.717, 1.165) is 19.9 Å². The first-order chi connectivity index (χ1) is 22.5. The van der Waals surface area contributed by atoms with Crippen molar-refractivity contribution in [2.75, 3.05) is 17.5 Å². The van der Waals surface area contributed by atoms with E-state index in [1.54, 1.807) is 31.2 Å². The molecule has 4 aromatic carbocycles. The highest BCUT2D eigenvalue weighted by molar-refractivity contribution is 9.10. The molecule has 8 nitrogen and oxygen atoms in total. The summed E-state index contributed by atoms with van der Waals surface area (Å²) in [6, 6.07) is 28.3. The van der Waals surface area contributed by atoms with Crippen LogP contribution in [0.3, 0.4) is 0 Å². The molecule has 0 fully saturated rings. The number of ether oxygens (including phenoxy) is 1. The number of carbonyl (C=O) groups excluding carboxylic acids is 2. The van der Waals surface area contributed by atoms with Crippen LogP contribution in [0.2, 0.25) is 5.02 Å². The summed E-state index contributed by atoms with van der Waals surface area (Å²) in [6.07, 6.45) is 0.927. The third-order valence-electron chi connectivity index (χ3n) is 7.65. The standard InChI is InChI=1S/C36H39BrClN3O5S/c1-4-26(3)39-36(43)33(23-27-11-7-6-8-12-27)40(24-28-15-17-29(37)18-16-28)35(42)25-41(32-13-9-10-14-34(32)46-5-2)47(44,45)31-21-19-30(38)20-22-31/h6-22,26,33H,4-5,23-25H2,1-3H3,(H,39,43)/t26-,33-/m1/s1. The molecule has 0 saturated heterocycles. The van der Waals surface area contributed by atoms with E-state index in [4.69, 9.17) is 16.3 Å². The maximum atomic E-state index is 14.7. The number of nitrogens with one attached hydrogen (secondary N) is 1. The van der Waals surface area contributed by atoms with Gasteiger partial charge in [0, 0.05) is 28.5 Å². The van der Waals surface area contributed by atoms with Crippen LogP contribution in [0.5, 0.6) is 5.75 Å². The molecule has 47 heavy (non-hydrogen) atoms. The second-order valence-electron chi connectivity index (χ2n) is 11.0. The minimum Gasteiger partial charge on any atom is -0.492 e. The van der Waals surface area contributed by atoms with Crippen LogP contribution >= 0.6 is 27.5 Å². The van der Waals surface area contributed by atoms with Crippen molar-refractivity contribution < 1.29 is 22.7 Å². The van der Waals surface area contributed by atoms with Gasteiger partial charge in [0.1, 0.15) is 18.3 Å². The molecule has 0 unspecified atom stereocenters. The van der Waals surface area contributed by atoms with Gasteiger partial charge in [0.05, 0.1) is 17.2 Å². The fourth-order valence-electron chi connectivity index (χ4n) is 4.97. The summed E-state index contributed by atoms with van der Waals surface area (Å²) in [4.78, 5) is 30.1. The highest BCUT2D eigenvalue weighted by atomic mass is 79.9. The molecule has 0 aliphatic rings. The Balaban J connectivity index is 1.84. The van der Waals surface area contributed by atoms with Crippen LogP contribution in [0, 0.1) is 0 Å². The van der Waals surface area contributed by atoms with Crippen molar-refractivity contribution in [1.82, 2.24) is 10.2 Å². The maximum Gasteiger partial charge on any atom is 0.264 e. The number of anilines is 1. The minimum atomic E-state index is -4.31. The number of benzene rings is 4. The lowest BCUT2D eigenvalue weighted by Crippen LogP contribution is -2.54. The lowest BCUT2D eigenvalue weighted by Gasteiger charge is -2.34. The number of sulfonamides is 1. The van der Waals surface area contributed by atoms with E-state index in [0.29, 0.717) is 17.2 Å². The van der Waals surface area contributed by atoms with Gasteiger partial charge in [-0.25, -0.2) is 8.42 Å². The van der Waals surface area contributed by atoms with Gasteiger partial charge in [-0.3, -0.25) is 13.9 Å². The predicted molar refractivity (Wildman–Crippen MR) is 190 cm³/mol. The van der Waals surface area contributed by atoms with E-state index in [9.17, 15) is 18.0 Å². The summed E-state index contributed by atoms with van der Waals surface area (Å²) in [5.41, 5.74) is 1.83. The molecule has 0 aliphatic heterocycles. The number of rotatable bonds is 15. The summed E-state index contributed by atoms with van der Waals surface area (Å²) in [7, 11) is -4.31. The normalized spacial score (nSPS) is 12.5. The monoisotopic (exact) mass is 739 g/mol. The number of hydrogen-bond acceptors (Lipinski definition) is 5. The average molecular weight is 741 g/mol. The van der Waals surface area contributed by atoms with Crippen molar-refractivity contribution in [2.45, 2.75) is 57.1 Å². The zero-order valence-corrected chi connectivity index (χ0v) is 29.8. The summed E-state index contributed by atoms with van der Waals surface area (Å²) in [6.45, 7) is 5.43. The summed E-state index contributed by atoms with van der Waals surface area (Å²) in [5.74, 6) is -0.581. The van der Waals surface area contributed by atoms with Crippen LogP contribution in [-0.2, 0) is 32.6 Å². The Labute approximate surface area is 290 Å². The van der Waals surface area contributed by atoms with Crippen molar-refractivity contribution in [2.24, 2.45) is 0 Å². The van der Waals surface area contributed by atoms with Gasteiger partial charge >= 0.3 is 0 Å². The molecule has 0 bridgehead atoms. The molecule has 11 heteroatoms. The molecule has 1 N–H and O–H groups in total. The molecular weight excluding hydrogens is 702 g/mol. The second kappa shape index (κ2) is 16.8. The molecule has 2 amide bonds. The van der Waals surface area contributed by atoms with Gasteiger partial charge in [-0.05, 0) is 79.9 Å². The van der Waals surface area contributed by atoms with Crippen molar-refractivity contribution in [3.05, 3.63) is 124 Å². The van der Waals surface area contributed by atoms with Gasteiger partial charge < -0.3 is 15.0 Å². The first-order valence-corrected chi connectivity index (χ1v) is 18.0. The second-order valence-corrected chi connectivity index (χ2v) is 14.3. The molecule has 0 saturated carbocycles. The minimum absolute atomic E-state index is 0.0455. The average Bonchev–Trinajstić information content (AvgIpc) is 3.07. The zero-order chi connectivity index (χ0) is 34.0. The van der Waals surface area contributed by atoms with Gasteiger partial charge in [-0.15, -0.1) is 0 Å². The quantitative estimate of drug-likeness (QED) is 0.139. The molecule has 0 aliphatic carbocycles. The first-order valence-electron chi connectivity index (χ1n) is 15.4. The van der Waals surface area contributed by atoms with E-state index >= 15 is 0 Å². The highest BCUT2D eigenvalue weighted by Crippen LogP contribution is 2.33. The zero-order valence-electron chi connectivity index (χ0n) is 26.6. The van der Waals surface area contributed by atoms with E-state index in [2.05, 4.69) is 21.2 Å². The number of para-hydroxylation sites is 2. The predicted octanol–water partition coefficient (Wildman–Crippen LogP) is 7.25. The third kappa shape index (κ3) is 9.59. The molecule has 0 radical (unpaired) electrons. The number of hydrogen-bond donors (Lipinski definition) is 1. The molecule has 0 spiro atoms. The Kier molecular flexibility index (Phi) is 12.9. The Hall–Kier alpha value is -3.86. The van der Waals surface area contributed by atoms with Crippen molar-refractivity contribution >= 4 is 55.1 Å². The third-order valence-corrected chi connectivity index (χ3v) is 10.2. The van der Waals surface area contributed by atoms with Crippen LogP contribution in [0.4, 0.5) is 5.69 Å². The molecule has 0 aromatic heterocycles. The van der Waals surface area contributed by atoms with Crippen LogP contribution in [0.15, 0.2) is 112 Å². The lowest BCUT2D eigenvalue weighted by molar-refractivity contribution is -0.140. The smallest absolute Gasteiger partial charge is 0.264 e. The fraction of sp³-hybridized carbons (Fsp3) is 0.278. The molecule has 0 heterocycles. The largest absolute Gasteiger partial charge is 0.492 e. The molecular formula is C36H39BrClN3O5S. The highest BCUT2D eigenvalue weighted by Gasteiger charge is 2.35. The van der Waals surface area contributed by atoms with Crippen LogP contribution in [0.1, 0.15) is 38.3 Å². The lowest BCUT2D eigenvalue weighted by atomic mass is 10.0. The molecule has 2 atom stereocenters. The van der Waals surface area contributed by atoms with Gasteiger partial charge in [-0.1, -0.05) is 89.1 Å². The van der Waals surface area contributed by atoms with Gasteiger partial charge in [0.15, 0.2) is 0 Å². The van der Waals surface area contributed by atoms with E-state index in [1.165, 1.54) is 29.2 Å². The van der Waals surface area contributed by atoms with Gasteiger partial charge in [0.25, 0.3) is 10.0 Å². The van der Waals surface area contributed by atoms with Crippen LogP contribution in [0.25, 0.3) is 0 Å². The molecule has 4 aromatic rings. The maximum absolute atomic E-state index is 14.7. The molecule has 248 valence electrons. The summed E-state index contributed by atoms with van der Waals surface area (Å²) in [5, 5.41) is 3.42. The fourth-order valence-corrected chi connectivity index (χ4v) is 6.78. The molecule has 4 rings (SSSR count). The van der Waals surface area contributed by atoms with Gasteiger partial charge in [-0.2, -0.15) is 0 Å². The first kappa shape index (κ1) is 36.0. The Morgan fingerprint density at radius 2 is 1.51 bits per heavy atom. The van der Waals surface area contributed by atoms with Crippen LogP contribution < -0.4 is 14.4 Å². The number of halogens is 2. The Morgan fingerprint density at radius 3 is 2.15 bits per heavy atom. The number of carbonyl (C=O) groups is 2. The van der Waals surface area contributed by atoms with E-state index < -0.39 is 28.5 Å². The van der Waals surface area contributed by atoms with Crippen LogP contribution in [-0.4, -0.2) is 50.4 Å². The van der Waals surface area contributed by atoms with Crippen molar-refractivity contribution in [3.63, 3.8) is 0 Å². The number of nitrogens with zero attached hydrogens (tertiary/aromatic N) is 2. The summed E-state index contributed by atoms with van der Waals surface area (Å²) >= 11 is 9.55. The Morgan fingerprint density at radius 1 is 0.872 bits per heavy atom.